The first-order valence-electron chi connectivity index (χ1n) is 5.75. The molecule has 0 bridgehead atoms. The van der Waals surface area contributed by atoms with Gasteiger partial charge in [-0.3, -0.25) is 4.79 Å². The lowest BCUT2D eigenvalue weighted by Gasteiger charge is -2.04. The van der Waals surface area contributed by atoms with Crippen molar-refractivity contribution in [3.63, 3.8) is 0 Å². The Morgan fingerprint density at radius 3 is 2.94 bits per heavy atom. The lowest BCUT2D eigenvalue weighted by Crippen LogP contribution is -2.02. The van der Waals surface area contributed by atoms with Crippen molar-refractivity contribution in [1.82, 2.24) is 0 Å². The lowest BCUT2D eigenvalue weighted by molar-refractivity contribution is -0.0413. The SMILES string of the molecule is CCOCCC(=O)c1ccc(C2OCCO2)s1. The van der Waals surface area contributed by atoms with E-state index in [0.29, 0.717) is 32.8 Å². The molecule has 0 amide bonds. The summed E-state index contributed by atoms with van der Waals surface area (Å²) in [7, 11) is 0. The molecule has 0 aliphatic carbocycles. The zero-order valence-electron chi connectivity index (χ0n) is 9.81. The minimum Gasteiger partial charge on any atom is -0.381 e. The monoisotopic (exact) mass is 256 g/mol. The van der Waals surface area contributed by atoms with E-state index in [2.05, 4.69) is 0 Å². The van der Waals surface area contributed by atoms with E-state index in [-0.39, 0.29) is 12.1 Å². The number of Topliss-reactive ketones (excluding diaryl/α,β-unsaturated/α-hetero) is 1. The molecule has 1 aromatic heterocycles. The van der Waals surface area contributed by atoms with Crippen molar-refractivity contribution in [2.45, 2.75) is 19.6 Å². The van der Waals surface area contributed by atoms with Crippen LogP contribution in [0.4, 0.5) is 0 Å². The van der Waals surface area contributed by atoms with Crippen molar-refractivity contribution in [3.05, 3.63) is 21.9 Å². The van der Waals surface area contributed by atoms with Gasteiger partial charge in [-0.2, -0.15) is 0 Å². The van der Waals surface area contributed by atoms with Gasteiger partial charge in [0, 0.05) is 13.0 Å². The van der Waals surface area contributed by atoms with Crippen molar-refractivity contribution < 1.29 is 19.0 Å². The van der Waals surface area contributed by atoms with Crippen molar-refractivity contribution in [3.8, 4) is 0 Å². The van der Waals surface area contributed by atoms with Crippen molar-refractivity contribution in [2.24, 2.45) is 0 Å². The number of carbonyl (C=O) groups is 1. The van der Waals surface area contributed by atoms with Gasteiger partial charge in [-0.1, -0.05) is 0 Å². The first kappa shape index (κ1) is 12.7. The Balaban J connectivity index is 1.90. The third kappa shape index (κ3) is 3.35. The van der Waals surface area contributed by atoms with E-state index >= 15 is 0 Å². The van der Waals surface area contributed by atoms with Crippen LogP contribution in [0.5, 0.6) is 0 Å². The number of hydrogen-bond donors (Lipinski definition) is 0. The van der Waals surface area contributed by atoms with Crippen LogP contribution in [0.25, 0.3) is 0 Å². The third-order valence-electron chi connectivity index (χ3n) is 2.43. The van der Waals surface area contributed by atoms with Gasteiger partial charge in [0.05, 0.1) is 29.6 Å². The second kappa shape index (κ2) is 6.26. The topological polar surface area (TPSA) is 44.8 Å². The Hall–Kier alpha value is -0.750. The summed E-state index contributed by atoms with van der Waals surface area (Å²) < 4.78 is 15.9. The van der Waals surface area contributed by atoms with Crippen LogP contribution in [0.15, 0.2) is 12.1 Å². The van der Waals surface area contributed by atoms with Crippen molar-refractivity contribution >= 4 is 17.1 Å². The number of ether oxygens (including phenoxy) is 3. The zero-order chi connectivity index (χ0) is 12.1. The van der Waals surface area contributed by atoms with Crippen molar-refractivity contribution in [1.29, 1.82) is 0 Å². The maximum absolute atomic E-state index is 11.8. The Morgan fingerprint density at radius 2 is 2.24 bits per heavy atom. The molecule has 4 nitrogen and oxygen atoms in total. The third-order valence-corrected chi connectivity index (χ3v) is 3.58. The Labute approximate surface area is 104 Å². The van der Waals surface area contributed by atoms with Crippen LogP contribution in [0.2, 0.25) is 0 Å². The van der Waals surface area contributed by atoms with E-state index in [0.717, 1.165) is 9.75 Å². The highest BCUT2D eigenvalue weighted by molar-refractivity contribution is 7.14. The second-order valence-electron chi connectivity index (χ2n) is 3.65. The van der Waals surface area contributed by atoms with E-state index in [1.54, 1.807) is 0 Å². The van der Waals surface area contributed by atoms with E-state index in [1.807, 2.05) is 19.1 Å². The van der Waals surface area contributed by atoms with Gasteiger partial charge in [-0.05, 0) is 19.1 Å². The molecule has 2 heterocycles. The molecule has 94 valence electrons. The lowest BCUT2D eigenvalue weighted by atomic mass is 10.2. The Morgan fingerprint density at radius 1 is 1.47 bits per heavy atom. The smallest absolute Gasteiger partial charge is 0.193 e. The molecule has 2 rings (SSSR count). The van der Waals surface area contributed by atoms with Crippen LogP contribution in [0.3, 0.4) is 0 Å². The summed E-state index contributed by atoms with van der Waals surface area (Å²) in [6.45, 7) is 4.29. The quantitative estimate of drug-likeness (QED) is 0.579. The number of thiophene rings is 1. The van der Waals surface area contributed by atoms with Crippen molar-refractivity contribution in [2.75, 3.05) is 26.4 Å². The molecule has 0 radical (unpaired) electrons. The van der Waals surface area contributed by atoms with Gasteiger partial charge in [-0.15, -0.1) is 11.3 Å². The highest BCUT2D eigenvalue weighted by atomic mass is 32.1. The first-order chi connectivity index (χ1) is 8.31. The first-order valence-corrected chi connectivity index (χ1v) is 6.56. The fourth-order valence-electron chi connectivity index (χ4n) is 1.58. The molecule has 0 saturated carbocycles. The summed E-state index contributed by atoms with van der Waals surface area (Å²) in [5.41, 5.74) is 0. The number of rotatable bonds is 6. The molecule has 0 spiro atoms. The maximum atomic E-state index is 11.8. The second-order valence-corrected chi connectivity index (χ2v) is 4.76. The molecule has 5 heteroatoms. The molecule has 0 N–H and O–H groups in total. The van der Waals surface area contributed by atoms with Crippen LogP contribution in [0, 0.1) is 0 Å². The fraction of sp³-hybridized carbons (Fsp3) is 0.583. The predicted octanol–water partition coefficient (Wildman–Crippen LogP) is 2.40. The summed E-state index contributed by atoms with van der Waals surface area (Å²) in [4.78, 5) is 13.5. The van der Waals surface area contributed by atoms with Crippen LogP contribution < -0.4 is 0 Å². The molecular weight excluding hydrogens is 240 g/mol. The van der Waals surface area contributed by atoms with Crippen LogP contribution in [0.1, 0.15) is 34.2 Å². The molecule has 1 aromatic rings. The minimum atomic E-state index is -0.284. The average Bonchev–Trinajstić information content (AvgIpc) is 3.00. The molecular formula is C12H16O4S. The molecule has 1 aliphatic heterocycles. The molecule has 0 atom stereocenters. The highest BCUT2D eigenvalue weighted by Crippen LogP contribution is 2.30. The summed E-state index contributed by atoms with van der Waals surface area (Å²) in [6, 6.07) is 3.73. The van der Waals surface area contributed by atoms with E-state index in [9.17, 15) is 4.79 Å². The van der Waals surface area contributed by atoms with Gasteiger partial charge < -0.3 is 14.2 Å². The van der Waals surface area contributed by atoms with E-state index in [4.69, 9.17) is 14.2 Å². The molecule has 0 aromatic carbocycles. The normalized spacial score (nSPS) is 16.5. The van der Waals surface area contributed by atoms with Crippen LogP contribution in [-0.2, 0) is 14.2 Å². The Kier molecular flexibility index (Phi) is 4.67. The molecule has 17 heavy (non-hydrogen) atoms. The molecule has 0 unspecified atom stereocenters. The maximum Gasteiger partial charge on any atom is 0.193 e. The average molecular weight is 256 g/mol. The zero-order valence-corrected chi connectivity index (χ0v) is 10.6. The Bertz CT molecular complexity index is 368. The van der Waals surface area contributed by atoms with Gasteiger partial charge in [0.2, 0.25) is 0 Å². The van der Waals surface area contributed by atoms with Crippen LogP contribution in [-0.4, -0.2) is 32.2 Å². The molecule has 1 aliphatic rings. The highest BCUT2D eigenvalue weighted by Gasteiger charge is 2.21. The summed E-state index contributed by atoms with van der Waals surface area (Å²) >= 11 is 1.44. The summed E-state index contributed by atoms with van der Waals surface area (Å²) in [5.74, 6) is 0.118. The van der Waals surface area contributed by atoms with Gasteiger partial charge in [0.25, 0.3) is 0 Å². The molecule has 1 fully saturated rings. The number of ketones is 1. The standard InChI is InChI=1S/C12H16O4S/c1-2-14-6-5-9(13)10-3-4-11(17-10)12-15-7-8-16-12/h3-4,12H,2,5-8H2,1H3. The minimum absolute atomic E-state index is 0.118. The predicted molar refractivity (Wildman–Crippen MR) is 64.4 cm³/mol. The van der Waals surface area contributed by atoms with E-state index in [1.165, 1.54) is 11.3 Å². The van der Waals surface area contributed by atoms with E-state index < -0.39 is 0 Å². The van der Waals surface area contributed by atoms with Gasteiger partial charge in [-0.25, -0.2) is 0 Å². The molecule has 1 saturated heterocycles. The number of hydrogen-bond acceptors (Lipinski definition) is 5. The van der Waals surface area contributed by atoms with Gasteiger partial charge in [0.15, 0.2) is 12.1 Å². The fourth-order valence-corrected chi connectivity index (χ4v) is 2.56. The van der Waals surface area contributed by atoms with Gasteiger partial charge in [0.1, 0.15) is 0 Å². The largest absolute Gasteiger partial charge is 0.381 e. The summed E-state index contributed by atoms with van der Waals surface area (Å²) in [5, 5.41) is 0. The van der Waals surface area contributed by atoms with Crippen LogP contribution >= 0.6 is 11.3 Å². The summed E-state index contributed by atoms with van der Waals surface area (Å²) in [6.07, 6.45) is 0.147. The number of carbonyl (C=O) groups excluding carboxylic acids is 1. The van der Waals surface area contributed by atoms with Gasteiger partial charge >= 0.3 is 0 Å².